The lowest BCUT2D eigenvalue weighted by atomic mass is 10.3. The van der Waals surface area contributed by atoms with Crippen molar-refractivity contribution < 1.29 is 18.3 Å². The minimum Gasteiger partial charge on any atom is -0.853 e. The molecule has 0 aliphatic carbocycles. The van der Waals surface area contributed by atoms with E-state index in [1.165, 1.54) is 12.1 Å². The molecule has 0 atom stereocenters. The highest BCUT2D eigenvalue weighted by atomic mass is 79.9. The number of hydrogen-bond acceptors (Lipinski definition) is 3. The molecule has 0 saturated carbocycles. The Morgan fingerprint density at radius 3 is 2.26 bits per heavy atom. The van der Waals surface area contributed by atoms with Crippen LogP contribution in [-0.2, 0) is 6.18 Å². The molecule has 1 heterocycles. The molecule has 0 radical (unpaired) electrons. The van der Waals surface area contributed by atoms with E-state index in [1.54, 1.807) is 12.1 Å². The van der Waals surface area contributed by atoms with Crippen LogP contribution in [0.1, 0.15) is 5.69 Å². The molecule has 0 amide bonds. The molecule has 0 unspecified atom stereocenters. The number of rotatable bonds is 1. The second kappa shape index (κ2) is 4.55. The predicted octanol–water partition coefficient (Wildman–Crippen LogP) is 3.21. The highest BCUT2D eigenvalue weighted by Crippen LogP contribution is 2.40. The van der Waals surface area contributed by atoms with Crippen molar-refractivity contribution in [3.8, 4) is 11.6 Å². The van der Waals surface area contributed by atoms with E-state index in [1.807, 2.05) is 0 Å². The standard InChI is InChI=1S/C10H4BrF3N4O/c11-5-1-3-6(4-2-5)18-9(19)7(16-15)8(17-18)10(12,13)14/h1-4H. The molecule has 0 bridgehead atoms. The number of hydrogen-bond donors (Lipinski definition) is 0. The van der Waals surface area contributed by atoms with Crippen molar-refractivity contribution in [2.45, 2.75) is 6.18 Å². The number of alkyl halides is 3. The fraction of sp³-hybridized carbons (Fsp3) is 0.100. The van der Waals surface area contributed by atoms with Crippen molar-refractivity contribution in [1.82, 2.24) is 9.78 Å². The van der Waals surface area contributed by atoms with Gasteiger partial charge in [0.1, 0.15) is 0 Å². The summed E-state index contributed by atoms with van der Waals surface area (Å²) in [5.41, 5.74) is -2.52. The van der Waals surface area contributed by atoms with Crippen LogP contribution in [-0.4, -0.2) is 9.78 Å². The second-order valence-electron chi connectivity index (χ2n) is 3.49. The van der Waals surface area contributed by atoms with Crippen LogP contribution in [0.25, 0.3) is 10.7 Å². The van der Waals surface area contributed by atoms with Crippen molar-refractivity contribution >= 4 is 21.6 Å². The van der Waals surface area contributed by atoms with Crippen LogP contribution in [0, 0.1) is 5.39 Å². The molecule has 9 heteroatoms. The minimum absolute atomic E-state index is 0.133. The predicted molar refractivity (Wildman–Crippen MR) is 60.5 cm³/mol. The Balaban J connectivity index is 2.64. The summed E-state index contributed by atoms with van der Waals surface area (Å²) >= 11 is 3.16. The van der Waals surface area contributed by atoms with Gasteiger partial charge in [-0.15, -0.1) is 0 Å². The smallest absolute Gasteiger partial charge is 0.443 e. The Hall–Kier alpha value is -2.08. The number of diazo groups is 1. The van der Waals surface area contributed by atoms with E-state index in [-0.39, 0.29) is 5.69 Å². The van der Waals surface area contributed by atoms with Crippen LogP contribution in [0.4, 0.5) is 18.9 Å². The molecule has 1 aromatic heterocycles. The zero-order valence-corrected chi connectivity index (χ0v) is 10.6. The maximum absolute atomic E-state index is 12.6. The molecule has 19 heavy (non-hydrogen) atoms. The van der Waals surface area contributed by atoms with Gasteiger partial charge in [0.2, 0.25) is 5.39 Å². The number of benzene rings is 1. The third kappa shape index (κ3) is 2.39. The summed E-state index contributed by atoms with van der Waals surface area (Å²) in [6.45, 7) is 0. The monoisotopic (exact) mass is 332 g/mol. The lowest BCUT2D eigenvalue weighted by Gasteiger charge is -2.07. The van der Waals surface area contributed by atoms with Gasteiger partial charge in [-0.05, 0) is 24.3 Å². The van der Waals surface area contributed by atoms with Gasteiger partial charge in [0.25, 0.3) is 5.69 Å². The summed E-state index contributed by atoms with van der Waals surface area (Å²) in [7, 11) is 0. The van der Waals surface area contributed by atoms with Gasteiger partial charge in [-0.2, -0.15) is 18.3 Å². The molecule has 0 aliphatic heterocycles. The lowest BCUT2D eigenvalue weighted by molar-refractivity contribution is -0.276. The molecule has 0 N–H and O–H groups in total. The Morgan fingerprint density at radius 2 is 1.84 bits per heavy atom. The number of halogens is 4. The highest BCUT2D eigenvalue weighted by molar-refractivity contribution is 9.10. The molecule has 0 aliphatic rings. The molecule has 2 aromatic rings. The molecule has 98 valence electrons. The van der Waals surface area contributed by atoms with Crippen molar-refractivity contribution in [3.63, 3.8) is 0 Å². The minimum atomic E-state index is -4.87. The largest absolute Gasteiger partial charge is 0.853 e. The summed E-state index contributed by atoms with van der Waals surface area (Å²) in [5.74, 6) is -1.14. The molecular weight excluding hydrogens is 329 g/mol. The average molecular weight is 333 g/mol. The van der Waals surface area contributed by atoms with E-state index in [4.69, 9.17) is 5.39 Å². The fourth-order valence-electron chi connectivity index (χ4n) is 1.43. The third-order valence-corrected chi connectivity index (χ3v) is 2.79. The molecule has 2 rings (SSSR count). The van der Waals surface area contributed by atoms with Crippen molar-refractivity contribution in [3.05, 3.63) is 39.4 Å². The van der Waals surface area contributed by atoms with Crippen LogP contribution < -0.4 is 5.11 Å². The Bertz CT molecular complexity index is 657. The van der Waals surface area contributed by atoms with Crippen LogP contribution in [0.2, 0.25) is 0 Å². The molecule has 1 aromatic carbocycles. The Kier molecular flexibility index (Phi) is 3.20. The molecule has 5 nitrogen and oxygen atoms in total. The van der Waals surface area contributed by atoms with Gasteiger partial charge in [-0.1, -0.05) is 15.9 Å². The molecule has 0 saturated heterocycles. The van der Waals surface area contributed by atoms with Gasteiger partial charge in [0.05, 0.1) is 11.6 Å². The first-order valence-corrected chi connectivity index (χ1v) is 5.62. The molecular formula is C10H4BrF3N4O. The lowest BCUT2D eigenvalue weighted by Crippen LogP contribution is -2.07. The van der Waals surface area contributed by atoms with E-state index in [9.17, 15) is 18.3 Å². The Labute approximate surface area is 113 Å². The van der Waals surface area contributed by atoms with Crippen LogP contribution in [0.5, 0.6) is 5.88 Å². The van der Waals surface area contributed by atoms with E-state index in [2.05, 4.69) is 26.0 Å². The first-order chi connectivity index (χ1) is 8.84. The van der Waals surface area contributed by atoms with E-state index in [0.717, 1.165) is 0 Å². The molecule has 0 spiro atoms. The zero-order valence-electron chi connectivity index (χ0n) is 9.02. The number of nitrogens with zero attached hydrogens (tertiary/aromatic N) is 4. The van der Waals surface area contributed by atoms with E-state index < -0.39 is 23.4 Å². The van der Waals surface area contributed by atoms with Crippen LogP contribution in [0.15, 0.2) is 28.7 Å². The van der Waals surface area contributed by atoms with E-state index >= 15 is 0 Å². The quantitative estimate of drug-likeness (QED) is 0.753. The van der Waals surface area contributed by atoms with Gasteiger partial charge in [-0.25, -0.2) is 4.68 Å². The molecule has 0 fully saturated rings. The summed E-state index contributed by atoms with van der Waals surface area (Å²) in [4.78, 5) is 2.38. The second-order valence-corrected chi connectivity index (χ2v) is 4.40. The van der Waals surface area contributed by atoms with Crippen molar-refractivity contribution in [2.24, 2.45) is 0 Å². The summed E-state index contributed by atoms with van der Waals surface area (Å²) in [6.07, 6.45) is -4.87. The van der Waals surface area contributed by atoms with Gasteiger partial charge in [0, 0.05) is 4.47 Å². The summed E-state index contributed by atoms with van der Waals surface area (Å²) in [5, 5.41) is 23.4. The van der Waals surface area contributed by atoms with Crippen LogP contribution >= 0.6 is 15.9 Å². The van der Waals surface area contributed by atoms with Crippen molar-refractivity contribution in [2.75, 3.05) is 0 Å². The maximum Gasteiger partial charge on any atom is 0.443 e. The Morgan fingerprint density at radius 1 is 1.26 bits per heavy atom. The highest BCUT2D eigenvalue weighted by Gasteiger charge is 2.44. The first kappa shape index (κ1) is 13.4. The van der Waals surface area contributed by atoms with Gasteiger partial charge >= 0.3 is 11.9 Å². The van der Waals surface area contributed by atoms with Crippen molar-refractivity contribution in [1.29, 1.82) is 5.39 Å². The fourth-order valence-corrected chi connectivity index (χ4v) is 1.70. The average Bonchev–Trinajstić information content (AvgIpc) is 2.67. The topological polar surface area (TPSA) is 69.0 Å². The normalized spacial score (nSPS) is 11.3. The van der Waals surface area contributed by atoms with Gasteiger partial charge in [0.15, 0.2) is 4.98 Å². The zero-order chi connectivity index (χ0) is 14.2. The number of aromatic nitrogens is 2. The van der Waals surface area contributed by atoms with Gasteiger partial charge < -0.3 is 5.11 Å². The third-order valence-electron chi connectivity index (χ3n) is 2.26. The SMILES string of the molecule is N#[N+]c1c(C(F)(F)F)nn(-c2ccc(Br)cc2)c1[O-]. The van der Waals surface area contributed by atoms with E-state index in [0.29, 0.717) is 9.15 Å². The first-order valence-electron chi connectivity index (χ1n) is 4.83. The van der Waals surface area contributed by atoms with Crippen LogP contribution in [0.3, 0.4) is 0 Å². The summed E-state index contributed by atoms with van der Waals surface area (Å²) in [6, 6.07) is 5.89. The summed E-state index contributed by atoms with van der Waals surface area (Å²) < 4.78 is 39.1. The van der Waals surface area contributed by atoms with Gasteiger partial charge in [-0.3, -0.25) is 0 Å². The maximum atomic E-state index is 12.6.